The molecule has 0 atom stereocenters. The van der Waals surface area contributed by atoms with Gasteiger partial charge in [-0.05, 0) is 38.3 Å². The van der Waals surface area contributed by atoms with Gasteiger partial charge in [-0.3, -0.25) is 4.79 Å². The smallest absolute Gasteiger partial charge is 0.293 e. The van der Waals surface area contributed by atoms with Crippen LogP contribution in [0.2, 0.25) is 0 Å². The number of benzene rings is 1. The standard InChI is InChI=1S/C19H20N4OS/c1-12-7-3-4-8-14(12)21-19(24)17-20-15-11-25-13(2)16(15)18(22-17)23-9-5-6-10-23/h3-4,7-8,11H,5-6,9-10H2,1-2H3,(H,21,24). The van der Waals surface area contributed by atoms with Crippen LogP contribution in [-0.4, -0.2) is 29.0 Å². The fourth-order valence-corrected chi connectivity index (χ4v) is 4.02. The molecule has 0 bridgehead atoms. The van der Waals surface area contributed by atoms with Crippen molar-refractivity contribution in [3.8, 4) is 0 Å². The summed E-state index contributed by atoms with van der Waals surface area (Å²) in [5.74, 6) is 0.868. The Bertz CT molecular complexity index is 944. The molecule has 1 N–H and O–H groups in total. The fraction of sp³-hybridized carbons (Fsp3) is 0.316. The number of hydrogen-bond donors (Lipinski definition) is 1. The van der Waals surface area contributed by atoms with Gasteiger partial charge in [-0.1, -0.05) is 18.2 Å². The number of fused-ring (bicyclic) bond motifs is 1. The van der Waals surface area contributed by atoms with E-state index in [1.165, 1.54) is 17.7 Å². The molecule has 128 valence electrons. The summed E-state index contributed by atoms with van der Waals surface area (Å²) in [4.78, 5) is 25.4. The first kappa shape index (κ1) is 16.0. The lowest BCUT2D eigenvalue weighted by Crippen LogP contribution is -2.23. The Hall–Kier alpha value is -2.47. The summed E-state index contributed by atoms with van der Waals surface area (Å²) < 4.78 is 0. The van der Waals surface area contributed by atoms with Crippen molar-refractivity contribution in [3.05, 3.63) is 45.9 Å². The Morgan fingerprint density at radius 1 is 1.16 bits per heavy atom. The molecule has 1 aromatic carbocycles. The summed E-state index contributed by atoms with van der Waals surface area (Å²) in [6, 6.07) is 7.72. The molecule has 0 saturated carbocycles. The molecule has 1 amide bonds. The number of anilines is 2. The zero-order chi connectivity index (χ0) is 17.4. The van der Waals surface area contributed by atoms with Crippen LogP contribution in [0.3, 0.4) is 0 Å². The number of carbonyl (C=O) groups excluding carboxylic acids is 1. The van der Waals surface area contributed by atoms with Crippen molar-refractivity contribution in [3.63, 3.8) is 0 Å². The third-order valence-electron chi connectivity index (χ3n) is 4.62. The first-order chi connectivity index (χ1) is 12.1. The van der Waals surface area contributed by atoms with Crippen LogP contribution in [0.25, 0.3) is 10.9 Å². The third-order valence-corrected chi connectivity index (χ3v) is 5.52. The number of amides is 1. The van der Waals surface area contributed by atoms with E-state index >= 15 is 0 Å². The number of nitrogens with one attached hydrogen (secondary N) is 1. The van der Waals surface area contributed by atoms with Crippen molar-refractivity contribution >= 4 is 39.7 Å². The molecule has 1 fully saturated rings. The van der Waals surface area contributed by atoms with Gasteiger partial charge in [0.05, 0.1) is 10.9 Å². The van der Waals surface area contributed by atoms with E-state index in [-0.39, 0.29) is 11.7 Å². The highest BCUT2D eigenvalue weighted by Gasteiger charge is 2.22. The van der Waals surface area contributed by atoms with Crippen molar-refractivity contribution in [1.29, 1.82) is 0 Å². The molecule has 4 rings (SSSR count). The Morgan fingerprint density at radius 3 is 2.68 bits per heavy atom. The molecule has 2 aromatic heterocycles. The van der Waals surface area contributed by atoms with E-state index in [1.807, 2.05) is 36.6 Å². The van der Waals surface area contributed by atoms with Gasteiger partial charge < -0.3 is 10.2 Å². The number of carbonyl (C=O) groups is 1. The molecule has 25 heavy (non-hydrogen) atoms. The molecule has 0 unspecified atom stereocenters. The van der Waals surface area contributed by atoms with Gasteiger partial charge in [0, 0.05) is 29.0 Å². The molecule has 1 aliphatic heterocycles. The topological polar surface area (TPSA) is 58.1 Å². The van der Waals surface area contributed by atoms with Gasteiger partial charge in [0.15, 0.2) is 0 Å². The first-order valence-corrected chi connectivity index (χ1v) is 9.39. The summed E-state index contributed by atoms with van der Waals surface area (Å²) in [5.41, 5.74) is 2.66. The second-order valence-corrected chi connectivity index (χ2v) is 7.47. The van der Waals surface area contributed by atoms with E-state index in [9.17, 15) is 4.79 Å². The van der Waals surface area contributed by atoms with Crippen LogP contribution in [0.4, 0.5) is 11.5 Å². The zero-order valence-electron chi connectivity index (χ0n) is 14.4. The first-order valence-electron chi connectivity index (χ1n) is 8.51. The Kier molecular flexibility index (Phi) is 4.13. The Labute approximate surface area is 150 Å². The van der Waals surface area contributed by atoms with Gasteiger partial charge in [-0.2, -0.15) is 0 Å². The molecule has 0 radical (unpaired) electrons. The van der Waals surface area contributed by atoms with Crippen molar-refractivity contribution < 1.29 is 4.79 Å². The molecule has 0 aliphatic carbocycles. The van der Waals surface area contributed by atoms with Crippen LogP contribution in [0.5, 0.6) is 0 Å². The Morgan fingerprint density at radius 2 is 1.92 bits per heavy atom. The minimum absolute atomic E-state index is 0.232. The van der Waals surface area contributed by atoms with E-state index in [2.05, 4.69) is 27.1 Å². The van der Waals surface area contributed by atoms with E-state index < -0.39 is 0 Å². The third kappa shape index (κ3) is 2.98. The number of hydrogen-bond acceptors (Lipinski definition) is 5. The van der Waals surface area contributed by atoms with Crippen molar-refractivity contribution in [2.45, 2.75) is 26.7 Å². The van der Waals surface area contributed by atoms with Crippen LogP contribution in [-0.2, 0) is 0 Å². The maximum absolute atomic E-state index is 12.7. The van der Waals surface area contributed by atoms with Gasteiger partial charge >= 0.3 is 0 Å². The lowest BCUT2D eigenvalue weighted by molar-refractivity contribution is 0.101. The summed E-state index contributed by atoms with van der Waals surface area (Å²) in [7, 11) is 0. The summed E-state index contributed by atoms with van der Waals surface area (Å²) in [6.07, 6.45) is 2.33. The van der Waals surface area contributed by atoms with Crippen molar-refractivity contribution in [2.75, 3.05) is 23.3 Å². The fourth-order valence-electron chi connectivity index (χ4n) is 3.24. The highest BCUT2D eigenvalue weighted by molar-refractivity contribution is 7.11. The van der Waals surface area contributed by atoms with Gasteiger partial charge in [0.1, 0.15) is 5.82 Å². The van der Waals surface area contributed by atoms with E-state index in [1.54, 1.807) is 11.3 Å². The van der Waals surface area contributed by atoms with E-state index in [4.69, 9.17) is 0 Å². The lowest BCUT2D eigenvalue weighted by Gasteiger charge is -2.18. The molecule has 1 aliphatic rings. The average molecular weight is 352 g/mol. The normalized spacial score (nSPS) is 14.2. The molecule has 6 heteroatoms. The maximum Gasteiger partial charge on any atom is 0.293 e. The average Bonchev–Trinajstić information content (AvgIpc) is 3.26. The van der Waals surface area contributed by atoms with Crippen LogP contribution < -0.4 is 10.2 Å². The van der Waals surface area contributed by atoms with Gasteiger partial charge in [0.2, 0.25) is 5.82 Å². The van der Waals surface area contributed by atoms with Crippen LogP contribution in [0.1, 0.15) is 33.9 Å². The molecule has 3 aromatic rings. The number of aromatic nitrogens is 2. The molecule has 0 spiro atoms. The van der Waals surface area contributed by atoms with Gasteiger partial charge in [0.25, 0.3) is 5.91 Å². The highest BCUT2D eigenvalue weighted by atomic mass is 32.1. The maximum atomic E-state index is 12.7. The largest absolute Gasteiger partial charge is 0.356 e. The van der Waals surface area contributed by atoms with E-state index in [0.717, 1.165) is 41.1 Å². The number of thiophene rings is 1. The number of para-hydroxylation sites is 1. The summed E-state index contributed by atoms with van der Waals surface area (Å²) in [5, 5.41) is 6.03. The quantitative estimate of drug-likeness (QED) is 0.769. The predicted octanol–water partition coefficient (Wildman–Crippen LogP) is 4.16. The summed E-state index contributed by atoms with van der Waals surface area (Å²) >= 11 is 1.66. The van der Waals surface area contributed by atoms with Crippen LogP contribution in [0, 0.1) is 13.8 Å². The predicted molar refractivity (Wildman–Crippen MR) is 103 cm³/mol. The molecular weight excluding hydrogens is 332 g/mol. The number of aryl methyl sites for hydroxylation is 2. The SMILES string of the molecule is Cc1ccccc1NC(=O)c1nc(N2CCCC2)c2c(C)scc2n1. The summed E-state index contributed by atoms with van der Waals surface area (Å²) in [6.45, 7) is 6.03. The van der Waals surface area contributed by atoms with Crippen LogP contribution >= 0.6 is 11.3 Å². The number of rotatable bonds is 3. The van der Waals surface area contributed by atoms with Crippen LogP contribution in [0.15, 0.2) is 29.6 Å². The highest BCUT2D eigenvalue weighted by Crippen LogP contribution is 2.33. The molecule has 3 heterocycles. The minimum Gasteiger partial charge on any atom is -0.356 e. The monoisotopic (exact) mass is 352 g/mol. The number of nitrogens with zero attached hydrogens (tertiary/aromatic N) is 3. The van der Waals surface area contributed by atoms with Crippen molar-refractivity contribution in [2.24, 2.45) is 0 Å². The molecule has 1 saturated heterocycles. The lowest BCUT2D eigenvalue weighted by atomic mass is 10.2. The minimum atomic E-state index is -0.263. The van der Waals surface area contributed by atoms with Gasteiger partial charge in [-0.15, -0.1) is 11.3 Å². The van der Waals surface area contributed by atoms with Gasteiger partial charge in [-0.25, -0.2) is 9.97 Å². The second-order valence-electron chi connectivity index (χ2n) is 6.39. The second kappa shape index (κ2) is 6.44. The van der Waals surface area contributed by atoms with E-state index in [0.29, 0.717) is 0 Å². The molecule has 5 nitrogen and oxygen atoms in total. The zero-order valence-corrected chi connectivity index (χ0v) is 15.2. The Balaban J connectivity index is 1.74. The molecular formula is C19H20N4OS. The van der Waals surface area contributed by atoms with Crippen molar-refractivity contribution in [1.82, 2.24) is 9.97 Å².